The molecule has 0 aromatic carbocycles. The van der Waals surface area contributed by atoms with Gasteiger partial charge < -0.3 is 15.4 Å². The lowest BCUT2D eigenvalue weighted by Crippen LogP contribution is -2.36. The third-order valence-corrected chi connectivity index (χ3v) is 3.08. The molecule has 0 aliphatic carbocycles. The normalized spacial score (nSPS) is 20.1. The fourth-order valence-electron chi connectivity index (χ4n) is 1.98. The van der Waals surface area contributed by atoms with Crippen LogP contribution in [0.25, 0.3) is 0 Å². The fraction of sp³-hybridized carbons (Fsp3) is 0.833. The first-order valence-electron chi connectivity index (χ1n) is 5.93. The quantitative estimate of drug-likeness (QED) is 0.673. The average molecular weight is 212 g/mol. The number of nitrogens with two attached hydrogens (primary N) is 1. The second-order valence-electron chi connectivity index (χ2n) is 4.24. The van der Waals surface area contributed by atoms with Gasteiger partial charge in [0.25, 0.3) is 0 Å². The summed E-state index contributed by atoms with van der Waals surface area (Å²) in [5.41, 5.74) is 5.66. The summed E-state index contributed by atoms with van der Waals surface area (Å²) in [6.45, 7) is 5.22. The number of methoxy groups -OCH3 is 1. The molecule has 1 heterocycles. The predicted molar refractivity (Wildman–Crippen MR) is 63.9 cm³/mol. The van der Waals surface area contributed by atoms with E-state index in [1.54, 1.807) is 7.11 Å². The number of rotatable bonds is 6. The lowest BCUT2D eigenvalue weighted by atomic mass is 9.97. The zero-order valence-electron chi connectivity index (χ0n) is 9.82. The van der Waals surface area contributed by atoms with Gasteiger partial charge in [-0.15, -0.1) is 0 Å². The van der Waals surface area contributed by atoms with Crippen molar-refractivity contribution in [2.75, 3.05) is 39.9 Å². The molecule has 88 valence electrons. The van der Waals surface area contributed by atoms with Crippen LogP contribution in [0.5, 0.6) is 0 Å². The monoisotopic (exact) mass is 212 g/mol. The first kappa shape index (κ1) is 12.7. The highest BCUT2D eigenvalue weighted by atomic mass is 16.5. The largest absolute Gasteiger partial charge is 0.381 e. The van der Waals surface area contributed by atoms with Gasteiger partial charge in [-0.1, -0.05) is 12.2 Å². The van der Waals surface area contributed by atoms with Crippen LogP contribution in [0.2, 0.25) is 0 Å². The summed E-state index contributed by atoms with van der Waals surface area (Å²) in [5, 5.41) is 0. The van der Waals surface area contributed by atoms with Crippen LogP contribution < -0.4 is 5.73 Å². The molecule has 0 radical (unpaired) electrons. The van der Waals surface area contributed by atoms with Crippen LogP contribution >= 0.6 is 0 Å². The molecule has 3 heteroatoms. The van der Waals surface area contributed by atoms with Gasteiger partial charge in [-0.3, -0.25) is 0 Å². The summed E-state index contributed by atoms with van der Waals surface area (Å²) in [5.74, 6) is 0.769. The number of likely N-dealkylation sites (tertiary alicyclic amines) is 1. The van der Waals surface area contributed by atoms with E-state index in [9.17, 15) is 0 Å². The SMILES string of the molecule is COC/C=C/CCN1CCC(CN)CC1. The number of piperidine rings is 1. The van der Waals surface area contributed by atoms with E-state index < -0.39 is 0 Å². The van der Waals surface area contributed by atoms with Crippen LogP contribution in [0.1, 0.15) is 19.3 Å². The van der Waals surface area contributed by atoms with Crippen molar-refractivity contribution in [1.29, 1.82) is 0 Å². The van der Waals surface area contributed by atoms with Gasteiger partial charge in [0, 0.05) is 13.7 Å². The molecule has 1 aliphatic heterocycles. The van der Waals surface area contributed by atoms with Crippen LogP contribution in [-0.2, 0) is 4.74 Å². The molecule has 0 spiro atoms. The first-order valence-corrected chi connectivity index (χ1v) is 5.93. The summed E-state index contributed by atoms with van der Waals surface area (Å²) < 4.78 is 4.95. The molecule has 3 nitrogen and oxygen atoms in total. The molecule has 15 heavy (non-hydrogen) atoms. The Hall–Kier alpha value is -0.380. The van der Waals surface area contributed by atoms with Gasteiger partial charge >= 0.3 is 0 Å². The van der Waals surface area contributed by atoms with Crippen molar-refractivity contribution in [2.24, 2.45) is 11.7 Å². The molecule has 2 N–H and O–H groups in total. The zero-order chi connectivity index (χ0) is 10.9. The van der Waals surface area contributed by atoms with E-state index >= 15 is 0 Å². The summed E-state index contributed by atoms with van der Waals surface area (Å²) in [4.78, 5) is 2.53. The highest BCUT2D eigenvalue weighted by Crippen LogP contribution is 2.15. The van der Waals surface area contributed by atoms with Gasteiger partial charge in [0.05, 0.1) is 6.61 Å². The topological polar surface area (TPSA) is 38.5 Å². The van der Waals surface area contributed by atoms with Crippen LogP contribution in [0.3, 0.4) is 0 Å². The lowest BCUT2D eigenvalue weighted by molar-refractivity contribution is 0.190. The van der Waals surface area contributed by atoms with Gasteiger partial charge in [0.1, 0.15) is 0 Å². The minimum Gasteiger partial charge on any atom is -0.381 e. The van der Waals surface area contributed by atoms with E-state index in [1.807, 2.05) is 0 Å². The van der Waals surface area contributed by atoms with Crippen molar-refractivity contribution in [2.45, 2.75) is 19.3 Å². The molecule has 0 unspecified atom stereocenters. The maximum atomic E-state index is 5.66. The van der Waals surface area contributed by atoms with E-state index in [4.69, 9.17) is 10.5 Å². The molecule has 0 aromatic rings. The van der Waals surface area contributed by atoms with Crippen molar-refractivity contribution >= 4 is 0 Å². The van der Waals surface area contributed by atoms with Crippen molar-refractivity contribution in [3.63, 3.8) is 0 Å². The van der Waals surface area contributed by atoms with E-state index in [2.05, 4.69) is 17.1 Å². The lowest BCUT2D eigenvalue weighted by Gasteiger charge is -2.30. The Kier molecular flexibility index (Phi) is 6.64. The smallest absolute Gasteiger partial charge is 0.0643 e. The van der Waals surface area contributed by atoms with Crippen LogP contribution in [0.4, 0.5) is 0 Å². The molecular formula is C12H24N2O. The Morgan fingerprint density at radius 3 is 2.67 bits per heavy atom. The van der Waals surface area contributed by atoms with Crippen molar-refractivity contribution in [3.8, 4) is 0 Å². The number of hydrogen-bond donors (Lipinski definition) is 1. The molecule has 0 amide bonds. The van der Waals surface area contributed by atoms with Crippen LogP contribution in [0.15, 0.2) is 12.2 Å². The van der Waals surface area contributed by atoms with Gasteiger partial charge in [0.2, 0.25) is 0 Å². The maximum Gasteiger partial charge on any atom is 0.0643 e. The molecule has 1 saturated heterocycles. The van der Waals surface area contributed by atoms with E-state index in [0.29, 0.717) is 0 Å². The molecular weight excluding hydrogens is 188 g/mol. The van der Waals surface area contributed by atoms with E-state index in [-0.39, 0.29) is 0 Å². The van der Waals surface area contributed by atoms with E-state index in [0.717, 1.165) is 25.5 Å². The number of hydrogen-bond acceptors (Lipinski definition) is 3. The Bertz CT molecular complexity index is 174. The van der Waals surface area contributed by atoms with Gasteiger partial charge in [-0.05, 0) is 44.8 Å². The summed E-state index contributed by atoms with van der Waals surface area (Å²) in [6, 6.07) is 0. The highest BCUT2D eigenvalue weighted by molar-refractivity contribution is 4.83. The molecule has 1 fully saturated rings. The number of ether oxygens (including phenoxy) is 1. The minimum atomic E-state index is 0.731. The predicted octanol–water partition coefficient (Wildman–Crippen LogP) is 1.25. The van der Waals surface area contributed by atoms with Crippen molar-refractivity contribution in [1.82, 2.24) is 4.90 Å². The summed E-state index contributed by atoms with van der Waals surface area (Å²) in [6.07, 6.45) is 7.98. The van der Waals surface area contributed by atoms with Crippen molar-refractivity contribution < 1.29 is 4.74 Å². The first-order chi connectivity index (χ1) is 7.36. The molecule has 1 rings (SSSR count). The Morgan fingerprint density at radius 2 is 2.07 bits per heavy atom. The second-order valence-corrected chi connectivity index (χ2v) is 4.24. The Morgan fingerprint density at radius 1 is 1.33 bits per heavy atom. The van der Waals surface area contributed by atoms with Crippen LogP contribution in [-0.4, -0.2) is 44.8 Å². The molecule has 0 aromatic heterocycles. The van der Waals surface area contributed by atoms with Crippen LogP contribution in [0, 0.1) is 5.92 Å². The van der Waals surface area contributed by atoms with Gasteiger partial charge in [-0.2, -0.15) is 0 Å². The average Bonchev–Trinajstić information content (AvgIpc) is 2.30. The Labute approximate surface area is 93.3 Å². The Balaban J connectivity index is 2.03. The van der Waals surface area contributed by atoms with Gasteiger partial charge in [-0.25, -0.2) is 0 Å². The summed E-state index contributed by atoms with van der Waals surface area (Å²) in [7, 11) is 1.72. The van der Waals surface area contributed by atoms with E-state index in [1.165, 1.54) is 32.5 Å². The fourth-order valence-corrected chi connectivity index (χ4v) is 1.98. The third-order valence-electron chi connectivity index (χ3n) is 3.08. The second kappa shape index (κ2) is 7.85. The third kappa shape index (κ3) is 5.30. The standard InChI is InChI=1S/C12H24N2O/c1-15-10-4-2-3-7-14-8-5-12(11-13)6-9-14/h2,4,12H,3,5-11,13H2,1H3/b4-2+. The zero-order valence-corrected chi connectivity index (χ0v) is 9.82. The maximum absolute atomic E-state index is 5.66. The summed E-state index contributed by atoms with van der Waals surface area (Å²) >= 11 is 0. The number of nitrogens with zero attached hydrogens (tertiary/aromatic N) is 1. The van der Waals surface area contributed by atoms with Crippen molar-refractivity contribution in [3.05, 3.63) is 12.2 Å². The van der Waals surface area contributed by atoms with Gasteiger partial charge in [0.15, 0.2) is 0 Å². The molecule has 0 saturated carbocycles. The molecule has 1 aliphatic rings. The minimum absolute atomic E-state index is 0.731. The molecule has 0 atom stereocenters. The molecule has 0 bridgehead atoms. The highest BCUT2D eigenvalue weighted by Gasteiger charge is 2.16.